The molecule has 0 fully saturated rings. The smallest absolute Gasteiger partial charge is 0.256 e. The molecule has 0 bridgehead atoms. The first-order valence-corrected chi connectivity index (χ1v) is 6.77. The molecule has 2 rings (SSSR count). The van der Waals surface area contributed by atoms with Crippen molar-refractivity contribution in [2.45, 2.75) is 12.3 Å². The minimum atomic E-state index is -0.489. The molecule has 110 valence electrons. The van der Waals surface area contributed by atoms with Gasteiger partial charge in [-0.2, -0.15) is 10.3 Å². The number of nitrogens with two attached hydrogens (primary N) is 2. The summed E-state index contributed by atoms with van der Waals surface area (Å²) in [5.74, 6) is -1.14. The van der Waals surface area contributed by atoms with Crippen LogP contribution in [0.2, 0.25) is 0 Å². The van der Waals surface area contributed by atoms with Gasteiger partial charge >= 0.3 is 0 Å². The van der Waals surface area contributed by atoms with Crippen LogP contribution in [-0.2, 0) is 11.2 Å². The first-order chi connectivity index (χ1) is 10.6. The Morgan fingerprint density at radius 2 is 1.86 bits per heavy atom. The van der Waals surface area contributed by atoms with E-state index in [0.717, 1.165) is 11.1 Å². The second-order valence-corrected chi connectivity index (χ2v) is 4.85. The summed E-state index contributed by atoms with van der Waals surface area (Å²) >= 11 is 0. The lowest BCUT2D eigenvalue weighted by Crippen LogP contribution is -2.26. The monoisotopic (exact) mass is 292 g/mol. The van der Waals surface area contributed by atoms with Gasteiger partial charge in [-0.1, -0.05) is 42.5 Å². The van der Waals surface area contributed by atoms with Gasteiger partial charge in [-0.3, -0.25) is 4.79 Å². The summed E-state index contributed by atoms with van der Waals surface area (Å²) in [6, 6.07) is 18.6. The van der Waals surface area contributed by atoms with E-state index in [1.807, 2.05) is 36.4 Å². The molecule has 0 radical (unpaired) electrons. The minimum absolute atomic E-state index is 0.253. The van der Waals surface area contributed by atoms with Gasteiger partial charge in [0.05, 0.1) is 17.6 Å². The van der Waals surface area contributed by atoms with Gasteiger partial charge in [-0.15, -0.1) is 0 Å². The van der Waals surface area contributed by atoms with Crippen LogP contribution in [0.5, 0.6) is 0 Å². The predicted molar refractivity (Wildman–Crippen MR) is 84.9 cm³/mol. The number of aliphatic imine (C=N–C) groups is 1. The highest BCUT2D eigenvalue weighted by molar-refractivity contribution is 5.95. The van der Waals surface area contributed by atoms with E-state index in [1.165, 1.54) is 0 Å². The number of hydrogen-bond acceptors (Lipinski definition) is 2. The molecule has 4 N–H and O–H groups in total. The maximum Gasteiger partial charge on any atom is 0.256 e. The molecule has 0 aliphatic heterocycles. The first-order valence-electron chi connectivity index (χ1n) is 6.77. The number of benzene rings is 2. The fourth-order valence-electron chi connectivity index (χ4n) is 2.24. The molecule has 0 spiro atoms. The van der Waals surface area contributed by atoms with Crippen LogP contribution in [0.3, 0.4) is 0 Å². The van der Waals surface area contributed by atoms with Crippen LogP contribution in [0.25, 0.3) is 0 Å². The number of nitrogens with zero attached hydrogens (tertiary/aromatic N) is 2. The van der Waals surface area contributed by atoms with Gasteiger partial charge < -0.3 is 11.5 Å². The normalized spacial score (nSPS) is 11.2. The van der Waals surface area contributed by atoms with Crippen LogP contribution in [0.15, 0.2) is 59.6 Å². The number of hydrogen-bond donors (Lipinski definition) is 2. The largest absolute Gasteiger partial charge is 0.370 e. The van der Waals surface area contributed by atoms with E-state index in [2.05, 4.69) is 11.1 Å². The maximum absolute atomic E-state index is 12.3. The highest BCUT2D eigenvalue weighted by Crippen LogP contribution is 2.23. The van der Waals surface area contributed by atoms with Crippen molar-refractivity contribution in [2.24, 2.45) is 16.5 Å². The van der Waals surface area contributed by atoms with Crippen molar-refractivity contribution in [3.05, 3.63) is 71.3 Å². The Bertz CT molecular complexity index is 728. The Balaban J connectivity index is 2.34. The van der Waals surface area contributed by atoms with Gasteiger partial charge in [-0.25, -0.2) is 0 Å². The summed E-state index contributed by atoms with van der Waals surface area (Å²) in [6.45, 7) is 0. The molecule has 0 aliphatic carbocycles. The van der Waals surface area contributed by atoms with Crippen molar-refractivity contribution in [1.29, 1.82) is 5.26 Å². The van der Waals surface area contributed by atoms with Gasteiger partial charge in [0.15, 0.2) is 5.96 Å². The predicted octanol–water partition coefficient (Wildman–Crippen LogP) is 1.68. The second-order valence-electron chi connectivity index (χ2n) is 4.85. The van der Waals surface area contributed by atoms with Crippen molar-refractivity contribution >= 4 is 11.9 Å². The van der Waals surface area contributed by atoms with Crippen molar-refractivity contribution in [1.82, 2.24) is 0 Å². The number of guanidine groups is 1. The SMILES string of the molecule is N#Cc1cccc(CC(C(=O)N=C(N)N)c2ccccc2)c1. The molecule has 22 heavy (non-hydrogen) atoms. The maximum atomic E-state index is 12.3. The molecule has 0 saturated carbocycles. The van der Waals surface area contributed by atoms with E-state index in [9.17, 15) is 4.79 Å². The zero-order chi connectivity index (χ0) is 15.9. The molecule has 5 heteroatoms. The van der Waals surface area contributed by atoms with Gasteiger partial charge in [0.25, 0.3) is 5.91 Å². The topological polar surface area (TPSA) is 105 Å². The van der Waals surface area contributed by atoms with Gasteiger partial charge in [0.2, 0.25) is 0 Å². The van der Waals surface area contributed by atoms with Gasteiger partial charge in [0.1, 0.15) is 0 Å². The third-order valence-corrected chi connectivity index (χ3v) is 3.24. The molecular weight excluding hydrogens is 276 g/mol. The van der Waals surface area contributed by atoms with Crippen LogP contribution in [0, 0.1) is 11.3 Å². The molecule has 0 heterocycles. The molecule has 1 unspecified atom stereocenters. The quantitative estimate of drug-likeness (QED) is 0.660. The van der Waals surface area contributed by atoms with Crippen LogP contribution in [-0.4, -0.2) is 11.9 Å². The number of amides is 1. The zero-order valence-corrected chi connectivity index (χ0v) is 11.9. The fourth-order valence-corrected chi connectivity index (χ4v) is 2.24. The molecule has 2 aromatic rings. The third-order valence-electron chi connectivity index (χ3n) is 3.24. The Labute approximate surface area is 128 Å². The Hall–Kier alpha value is -3.13. The zero-order valence-electron chi connectivity index (χ0n) is 11.9. The molecule has 0 aliphatic rings. The van der Waals surface area contributed by atoms with Crippen molar-refractivity contribution in [2.75, 3.05) is 0 Å². The average Bonchev–Trinajstić information content (AvgIpc) is 2.53. The van der Waals surface area contributed by atoms with Crippen molar-refractivity contribution in [3.63, 3.8) is 0 Å². The molecule has 1 atom stereocenters. The summed E-state index contributed by atoms with van der Waals surface area (Å²) in [7, 11) is 0. The van der Waals surface area contributed by atoms with Gasteiger partial charge in [0, 0.05) is 0 Å². The minimum Gasteiger partial charge on any atom is -0.370 e. The molecule has 2 aromatic carbocycles. The molecule has 0 aromatic heterocycles. The fraction of sp³-hybridized carbons (Fsp3) is 0.118. The summed E-state index contributed by atoms with van der Waals surface area (Å²) in [5, 5.41) is 8.97. The Kier molecular flexibility index (Phi) is 4.89. The number of rotatable bonds is 4. The number of carbonyl (C=O) groups excluding carboxylic acids is 1. The standard InChI is InChI=1S/C17H16N4O/c18-11-13-6-4-5-12(9-13)10-15(16(22)21-17(19)20)14-7-2-1-3-8-14/h1-9,15H,10H2,(H4,19,20,21,22). The number of nitriles is 1. The van der Waals surface area contributed by atoms with Gasteiger partial charge in [-0.05, 0) is 29.7 Å². The van der Waals surface area contributed by atoms with E-state index in [1.54, 1.807) is 18.2 Å². The van der Waals surface area contributed by atoms with Crippen LogP contribution in [0.1, 0.15) is 22.6 Å². The van der Waals surface area contributed by atoms with Crippen molar-refractivity contribution < 1.29 is 4.79 Å². The lowest BCUT2D eigenvalue weighted by atomic mass is 9.91. The summed E-state index contributed by atoms with van der Waals surface area (Å²) in [4.78, 5) is 16.0. The molecular formula is C17H16N4O. The average molecular weight is 292 g/mol. The Morgan fingerprint density at radius 1 is 1.14 bits per heavy atom. The van der Waals surface area contributed by atoms with Crippen LogP contribution in [0.4, 0.5) is 0 Å². The summed E-state index contributed by atoms with van der Waals surface area (Å²) < 4.78 is 0. The Morgan fingerprint density at radius 3 is 2.50 bits per heavy atom. The van der Waals surface area contributed by atoms with E-state index >= 15 is 0 Å². The second kappa shape index (κ2) is 7.04. The van der Waals surface area contributed by atoms with E-state index in [4.69, 9.17) is 16.7 Å². The summed E-state index contributed by atoms with van der Waals surface area (Å²) in [5.41, 5.74) is 12.9. The summed E-state index contributed by atoms with van der Waals surface area (Å²) in [6.07, 6.45) is 0.426. The first kappa shape index (κ1) is 15.3. The number of carbonyl (C=O) groups is 1. The highest BCUT2D eigenvalue weighted by atomic mass is 16.1. The van der Waals surface area contributed by atoms with E-state index in [-0.39, 0.29) is 5.96 Å². The van der Waals surface area contributed by atoms with E-state index in [0.29, 0.717) is 12.0 Å². The van der Waals surface area contributed by atoms with E-state index < -0.39 is 11.8 Å². The molecule has 0 saturated heterocycles. The third kappa shape index (κ3) is 3.93. The molecule has 1 amide bonds. The lowest BCUT2D eigenvalue weighted by molar-refractivity contribution is -0.119. The molecule has 5 nitrogen and oxygen atoms in total. The van der Waals surface area contributed by atoms with Crippen molar-refractivity contribution in [3.8, 4) is 6.07 Å². The van der Waals surface area contributed by atoms with Crippen LogP contribution >= 0.6 is 0 Å². The van der Waals surface area contributed by atoms with Crippen LogP contribution < -0.4 is 11.5 Å². The highest BCUT2D eigenvalue weighted by Gasteiger charge is 2.21. The lowest BCUT2D eigenvalue weighted by Gasteiger charge is -2.14.